The molecule has 0 aliphatic carbocycles. The number of benzene rings is 3. The summed E-state index contributed by atoms with van der Waals surface area (Å²) >= 11 is 0. The zero-order valence-corrected chi connectivity index (χ0v) is 20.1. The number of aryl methyl sites for hydroxylation is 5. The van der Waals surface area contributed by atoms with Crippen molar-refractivity contribution in [1.82, 2.24) is 0 Å². The molecule has 1 amide bonds. The lowest BCUT2D eigenvalue weighted by Crippen LogP contribution is -2.38. The summed E-state index contributed by atoms with van der Waals surface area (Å²) in [5.41, 5.74) is 6.06. The number of hydrogen-bond donors (Lipinski definition) is 1. The summed E-state index contributed by atoms with van der Waals surface area (Å²) < 4.78 is 28.5. The van der Waals surface area contributed by atoms with Gasteiger partial charge >= 0.3 is 0 Å². The molecule has 0 aliphatic heterocycles. The predicted octanol–water partition coefficient (Wildman–Crippen LogP) is 5.32. The average molecular weight is 451 g/mol. The number of para-hydroxylation sites is 1. The molecule has 0 saturated carbocycles. The monoisotopic (exact) mass is 450 g/mol. The molecule has 0 aliphatic rings. The van der Waals surface area contributed by atoms with Gasteiger partial charge in [0, 0.05) is 5.69 Å². The van der Waals surface area contributed by atoms with E-state index in [9.17, 15) is 13.2 Å². The number of sulfonamides is 1. The van der Waals surface area contributed by atoms with Crippen LogP contribution in [0.5, 0.6) is 0 Å². The molecule has 0 fully saturated rings. The molecule has 168 valence electrons. The van der Waals surface area contributed by atoms with Gasteiger partial charge in [-0.05, 0) is 69.0 Å². The molecule has 0 unspecified atom stereocenters. The van der Waals surface area contributed by atoms with Gasteiger partial charge in [-0.2, -0.15) is 0 Å². The Hall–Kier alpha value is -3.12. The molecule has 0 spiro atoms. The van der Waals surface area contributed by atoms with Gasteiger partial charge in [-0.3, -0.25) is 9.10 Å². The highest BCUT2D eigenvalue weighted by atomic mass is 32.2. The molecule has 0 bridgehead atoms. The maximum Gasteiger partial charge on any atom is 0.264 e. The van der Waals surface area contributed by atoms with E-state index < -0.39 is 10.0 Å². The molecular formula is C26H30N2O3S. The molecule has 3 rings (SSSR count). The summed E-state index contributed by atoms with van der Waals surface area (Å²) in [5, 5.41) is 2.93. The van der Waals surface area contributed by atoms with Gasteiger partial charge < -0.3 is 5.32 Å². The second-order valence-electron chi connectivity index (χ2n) is 8.13. The molecule has 0 saturated heterocycles. The zero-order valence-electron chi connectivity index (χ0n) is 19.3. The Bertz CT molecular complexity index is 1210. The lowest BCUT2D eigenvalue weighted by atomic mass is 10.1. The maximum atomic E-state index is 13.6. The average Bonchev–Trinajstić information content (AvgIpc) is 2.74. The van der Waals surface area contributed by atoms with Gasteiger partial charge in [0.25, 0.3) is 10.0 Å². The fourth-order valence-electron chi connectivity index (χ4n) is 3.88. The molecule has 32 heavy (non-hydrogen) atoms. The van der Waals surface area contributed by atoms with Gasteiger partial charge in [-0.1, -0.05) is 60.5 Å². The molecule has 1 N–H and O–H groups in total. The molecule has 6 heteroatoms. The number of amides is 1. The maximum absolute atomic E-state index is 13.6. The van der Waals surface area contributed by atoms with Crippen LogP contribution in [-0.2, 0) is 21.2 Å². The summed E-state index contributed by atoms with van der Waals surface area (Å²) in [4.78, 5) is 13.3. The van der Waals surface area contributed by atoms with Crippen molar-refractivity contribution in [3.8, 4) is 0 Å². The van der Waals surface area contributed by atoms with Gasteiger partial charge in [0.15, 0.2) is 0 Å². The summed E-state index contributed by atoms with van der Waals surface area (Å²) in [6.07, 6.45) is 0.647. The fourth-order valence-corrected chi connectivity index (χ4v) is 5.34. The first-order chi connectivity index (χ1) is 15.1. The first kappa shape index (κ1) is 23.5. The van der Waals surface area contributed by atoms with Crippen molar-refractivity contribution in [3.05, 3.63) is 88.5 Å². The van der Waals surface area contributed by atoms with Gasteiger partial charge in [0.2, 0.25) is 5.91 Å². The van der Waals surface area contributed by atoms with Crippen molar-refractivity contribution >= 4 is 27.3 Å². The van der Waals surface area contributed by atoms with Crippen LogP contribution in [0, 0.1) is 27.7 Å². The van der Waals surface area contributed by atoms with Gasteiger partial charge in [0.05, 0.1) is 10.6 Å². The summed E-state index contributed by atoms with van der Waals surface area (Å²) in [5.74, 6) is -0.387. The Labute approximate surface area is 191 Å². The number of nitrogens with one attached hydrogen (secondary N) is 1. The van der Waals surface area contributed by atoms with Crippen LogP contribution in [0.3, 0.4) is 0 Å². The van der Waals surface area contributed by atoms with E-state index in [0.29, 0.717) is 12.1 Å². The molecular weight excluding hydrogens is 420 g/mol. The largest absolute Gasteiger partial charge is 0.324 e. The van der Waals surface area contributed by atoms with Crippen LogP contribution in [0.4, 0.5) is 11.4 Å². The van der Waals surface area contributed by atoms with E-state index in [1.54, 1.807) is 36.4 Å². The van der Waals surface area contributed by atoms with Crippen molar-refractivity contribution in [2.45, 2.75) is 45.9 Å². The minimum atomic E-state index is -3.95. The molecule has 0 heterocycles. The Kier molecular flexibility index (Phi) is 7.04. The Morgan fingerprint density at radius 3 is 2.06 bits per heavy atom. The first-order valence-electron chi connectivity index (χ1n) is 10.7. The van der Waals surface area contributed by atoms with Crippen LogP contribution >= 0.6 is 0 Å². The summed E-state index contributed by atoms with van der Waals surface area (Å²) in [6.45, 7) is 9.42. The number of nitrogens with zero attached hydrogens (tertiary/aromatic N) is 1. The van der Waals surface area contributed by atoms with Crippen molar-refractivity contribution in [2.75, 3.05) is 16.2 Å². The van der Waals surface area contributed by atoms with Gasteiger partial charge in [0.1, 0.15) is 6.54 Å². The van der Waals surface area contributed by atoms with E-state index in [1.807, 2.05) is 58.9 Å². The van der Waals surface area contributed by atoms with Crippen LogP contribution in [-0.4, -0.2) is 20.9 Å². The SMILES string of the molecule is CCc1ccccc1N(CC(=O)Nc1c(C)cc(C)cc1C)S(=O)(=O)c1ccc(C)cc1. The Morgan fingerprint density at radius 2 is 1.47 bits per heavy atom. The second kappa shape index (κ2) is 9.57. The number of carbonyl (C=O) groups excluding carboxylic acids is 1. The van der Waals surface area contributed by atoms with Crippen LogP contribution in [0.2, 0.25) is 0 Å². The first-order valence-corrected chi connectivity index (χ1v) is 12.1. The van der Waals surface area contributed by atoms with Crippen LogP contribution in [0.15, 0.2) is 65.6 Å². The van der Waals surface area contributed by atoms with Crippen molar-refractivity contribution in [3.63, 3.8) is 0 Å². The van der Waals surface area contributed by atoms with Crippen LogP contribution in [0.1, 0.15) is 34.7 Å². The topological polar surface area (TPSA) is 66.5 Å². The molecule has 3 aromatic rings. The Morgan fingerprint density at radius 1 is 0.875 bits per heavy atom. The van der Waals surface area contributed by atoms with Gasteiger partial charge in [-0.25, -0.2) is 8.42 Å². The van der Waals surface area contributed by atoms with E-state index in [0.717, 1.165) is 33.5 Å². The third kappa shape index (κ3) is 5.02. The van der Waals surface area contributed by atoms with Crippen molar-refractivity contribution < 1.29 is 13.2 Å². The molecule has 0 radical (unpaired) electrons. The highest BCUT2D eigenvalue weighted by Crippen LogP contribution is 2.28. The van der Waals surface area contributed by atoms with E-state index >= 15 is 0 Å². The number of carbonyl (C=O) groups is 1. The highest BCUT2D eigenvalue weighted by Gasteiger charge is 2.28. The molecule has 5 nitrogen and oxygen atoms in total. The van der Waals surface area contributed by atoms with Crippen LogP contribution < -0.4 is 9.62 Å². The van der Waals surface area contributed by atoms with E-state index in [-0.39, 0.29) is 17.3 Å². The molecule has 0 atom stereocenters. The Balaban J connectivity index is 2.02. The van der Waals surface area contributed by atoms with Gasteiger partial charge in [-0.15, -0.1) is 0 Å². The second-order valence-corrected chi connectivity index (χ2v) is 9.99. The third-order valence-electron chi connectivity index (χ3n) is 5.48. The summed E-state index contributed by atoms with van der Waals surface area (Å²) in [6, 6.07) is 18.0. The predicted molar refractivity (Wildman–Crippen MR) is 131 cm³/mol. The minimum Gasteiger partial charge on any atom is -0.324 e. The lowest BCUT2D eigenvalue weighted by Gasteiger charge is -2.26. The zero-order chi connectivity index (χ0) is 23.5. The summed E-state index contributed by atoms with van der Waals surface area (Å²) in [7, 11) is -3.95. The van der Waals surface area contributed by atoms with E-state index in [1.165, 1.54) is 4.31 Å². The minimum absolute atomic E-state index is 0.157. The third-order valence-corrected chi connectivity index (χ3v) is 7.25. The quantitative estimate of drug-likeness (QED) is 0.530. The molecule has 0 aromatic heterocycles. The van der Waals surface area contributed by atoms with Crippen molar-refractivity contribution in [2.24, 2.45) is 0 Å². The smallest absolute Gasteiger partial charge is 0.264 e. The molecule has 3 aromatic carbocycles. The highest BCUT2D eigenvalue weighted by molar-refractivity contribution is 7.92. The van der Waals surface area contributed by atoms with Crippen LogP contribution in [0.25, 0.3) is 0 Å². The fraction of sp³-hybridized carbons (Fsp3) is 0.269. The standard InChI is InChI=1S/C26H30N2O3S/c1-6-22-9-7-8-10-24(22)28(32(30,31)23-13-11-18(2)12-14-23)17-25(29)27-26-20(4)15-19(3)16-21(26)5/h7-16H,6,17H2,1-5H3,(H,27,29). The van der Waals surface area contributed by atoms with E-state index in [4.69, 9.17) is 0 Å². The number of rotatable bonds is 7. The normalized spacial score (nSPS) is 11.3. The van der Waals surface area contributed by atoms with Crippen molar-refractivity contribution in [1.29, 1.82) is 0 Å². The number of hydrogen-bond acceptors (Lipinski definition) is 3. The lowest BCUT2D eigenvalue weighted by molar-refractivity contribution is -0.114. The van der Waals surface area contributed by atoms with E-state index in [2.05, 4.69) is 5.32 Å². The number of anilines is 2.